The quantitative estimate of drug-likeness (QED) is 0.617. The average molecular weight is 202 g/mol. The monoisotopic (exact) mass is 202 g/mol. The second-order valence-corrected chi connectivity index (χ2v) is 3.89. The minimum Gasteiger partial charge on any atom is -0.396 e. The van der Waals surface area contributed by atoms with Gasteiger partial charge in [-0.1, -0.05) is 0 Å². The molecule has 0 aromatic carbocycles. The molecule has 0 spiro atoms. The summed E-state index contributed by atoms with van der Waals surface area (Å²) in [6.45, 7) is 0. The molecule has 0 radical (unpaired) electrons. The van der Waals surface area contributed by atoms with Gasteiger partial charge >= 0.3 is 0 Å². The molecule has 0 aliphatic carbocycles. The summed E-state index contributed by atoms with van der Waals surface area (Å²) in [6, 6.07) is 1.48. The summed E-state index contributed by atoms with van der Waals surface area (Å²) >= 11 is 0. The van der Waals surface area contributed by atoms with E-state index < -0.39 is 10.2 Å². The van der Waals surface area contributed by atoms with E-state index in [1.54, 1.807) is 0 Å². The standard InChI is InChI=1S/C6H10N4O2S/c1-8-13(11,12)10-6-2-3-9-4-5(6)7/h2-4,8H,7H2,1H3,(H,9,10). The summed E-state index contributed by atoms with van der Waals surface area (Å²) in [7, 11) is -2.20. The highest BCUT2D eigenvalue weighted by Crippen LogP contribution is 2.15. The molecular formula is C6H10N4O2S. The van der Waals surface area contributed by atoms with Gasteiger partial charge < -0.3 is 5.73 Å². The van der Waals surface area contributed by atoms with E-state index in [9.17, 15) is 8.42 Å². The molecule has 13 heavy (non-hydrogen) atoms. The Labute approximate surface area is 76.4 Å². The number of hydrogen-bond acceptors (Lipinski definition) is 4. The molecule has 72 valence electrons. The number of pyridine rings is 1. The molecule has 0 atom stereocenters. The van der Waals surface area contributed by atoms with Gasteiger partial charge in [0, 0.05) is 13.2 Å². The van der Waals surface area contributed by atoms with E-state index in [0.29, 0.717) is 5.69 Å². The van der Waals surface area contributed by atoms with E-state index in [-0.39, 0.29) is 5.69 Å². The van der Waals surface area contributed by atoms with Crippen LogP contribution in [0.5, 0.6) is 0 Å². The number of hydrogen-bond donors (Lipinski definition) is 3. The zero-order valence-electron chi connectivity index (χ0n) is 6.98. The van der Waals surface area contributed by atoms with Crippen molar-refractivity contribution in [2.45, 2.75) is 0 Å². The Hall–Kier alpha value is -1.34. The zero-order valence-corrected chi connectivity index (χ0v) is 7.80. The minimum atomic E-state index is -3.50. The molecule has 0 saturated heterocycles. The van der Waals surface area contributed by atoms with Gasteiger partial charge in [0.05, 0.1) is 17.6 Å². The maximum absolute atomic E-state index is 11.0. The van der Waals surface area contributed by atoms with Crippen molar-refractivity contribution in [3.63, 3.8) is 0 Å². The maximum Gasteiger partial charge on any atom is 0.298 e. The first kappa shape index (κ1) is 9.75. The van der Waals surface area contributed by atoms with Gasteiger partial charge in [0.1, 0.15) is 0 Å². The number of nitrogens with two attached hydrogens (primary N) is 1. The highest BCUT2D eigenvalue weighted by molar-refractivity contribution is 7.90. The summed E-state index contributed by atoms with van der Waals surface area (Å²) in [5.74, 6) is 0. The van der Waals surface area contributed by atoms with Crippen molar-refractivity contribution in [1.29, 1.82) is 0 Å². The van der Waals surface area contributed by atoms with Crippen LogP contribution in [0.1, 0.15) is 0 Å². The van der Waals surface area contributed by atoms with Crippen LogP contribution in [0.3, 0.4) is 0 Å². The molecule has 1 aromatic heterocycles. The number of rotatable bonds is 3. The normalized spacial score (nSPS) is 11.2. The van der Waals surface area contributed by atoms with Gasteiger partial charge in [-0.05, 0) is 6.07 Å². The van der Waals surface area contributed by atoms with Crippen LogP contribution in [-0.2, 0) is 10.2 Å². The van der Waals surface area contributed by atoms with Crippen molar-refractivity contribution < 1.29 is 8.42 Å². The lowest BCUT2D eigenvalue weighted by molar-refractivity contribution is 0.593. The van der Waals surface area contributed by atoms with Crippen LogP contribution in [0.15, 0.2) is 18.5 Å². The zero-order chi connectivity index (χ0) is 9.90. The van der Waals surface area contributed by atoms with Gasteiger partial charge in [0.15, 0.2) is 0 Å². The SMILES string of the molecule is CNS(=O)(=O)Nc1ccncc1N. The first-order chi connectivity index (χ1) is 6.05. The topological polar surface area (TPSA) is 97.1 Å². The second kappa shape index (κ2) is 3.58. The lowest BCUT2D eigenvalue weighted by atomic mass is 10.4. The fraction of sp³-hybridized carbons (Fsp3) is 0.167. The molecule has 0 saturated carbocycles. The first-order valence-electron chi connectivity index (χ1n) is 3.46. The summed E-state index contributed by atoms with van der Waals surface area (Å²) in [6.07, 6.45) is 2.82. The molecule has 0 aliphatic heterocycles. The van der Waals surface area contributed by atoms with E-state index in [2.05, 4.69) is 14.4 Å². The molecular weight excluding hydrogens is 192 g/mol. The molecule has 4 N–H and O–H groups in total. The lowest BCUT2D eigenvalue weighted by Crippen LogP contribution is -2.26. The summed E-state index contributed by atoms with van der Waals surface area (Å²) in [5.41, 5.74) is 6.05. The van der Waals surface area contributed by atoms with Crippen LogP contribution in [0.2, 0.25) is 0 Å². The van der Waals surface area contributed by atoms with E-state index in [0.717, 1.165) is 0 Å². The van der Waals surface area contributed by atoms with Gasteiger partial charge in [0.2, 0.25) is 0 Å². The highest BCUT2D eigenvalue weighted by atomic mass is 32.2. The Bertz CT molecular complexity index is 389. The van der Waals surface area contributed by atoms with Gasteiger partial charge in [0.25, 0.3) is 10.2 Å². The third-order valence-corrected chi connectivity index (χ3v) is 2.39. The molecule has 0 bridgehead atoms. The average Bonchev–Trinajstić information content (AvgIpc) is 2.09. The molecule has 1 heterocycles. The van der Waals surface area contributed by atoms with Crippen LogP contribution >= 0.6 is 0 Å². The number of aromatic nitrogens is 1. The van der Waals surface area contributed by atoms with Crippen molar-refractivity contribution in [2.24, 2.45) is 0 Å². The Kier molecular flexibility index (Phi) is 2.69. The number of anilines is 2. The molecule has 0 unspecified atom stereocenters. The van der Waals surface area contributed by atoms with Crippen LogP contribution in [0, 0.1) is 0 Å². The molecule has 7 heteroatoms. The smallest absolute Gasteiger partial charge is 0.298 e. The Morgan fingerprint density at radius 3 is 2.77 bits per heavy atom. The second-order valence-electron chi connectivity index (χ2n) is 2.27. The summed E-state index contributed by atoms with van der Waals surface area (Å²) in [5, 5.41) is 0. The fourth-order valence-corrected chi connectivity index (χ4v) is 1.27. The summed E-state index contributed by atoms with van der Waals surface area (Å²) in [4.78, 5) is 3.72. The molecule has 0 amide bonds. The predicted octanol–water partition coefficient (Wildman–Crippen LogP) is -0.460. The molecule has 6 nitrogen and oxygen atoms in total. The minimum absolute atomic E-state index is 0.279. The van der Waals surface area contributed by atoms with Crippen molar-refractivity contribution in [3.05, 3.63) is 18.5 Å². The fourth-order valence-electron chi connectivity index (χ4n) is 0.695. The van der Waals surface area contributed by atoms with E-state index >= 15 is 0 Å². The van der Waals surface area contributed by atoms with Crippen molar-refractivity contribution in [3.8, 4) is 0 Å². The maximum atomic E-state index is 11.0. The largest absolute Gasteiger partial charge is 0.396 e. The van der Waals surface area contributed by atoms with Crippen LogP contribution in [0.4, 0.5) is 11.4 Å². The van der Waals surface area contributed by atoms with Crippen molar-refractivity contribution in [1.82, 2.24) is 9.71 Å². The molecule has 0 fully saturated rings. The Morgan fingerprint density at radius 1 is 1.54 bits per heavy atom. The molecule has 1 rings (SSSR count). The van der Waals surface area contributed by atoms with Crippen LogP contribution in [0.25, 0.3) is 0 Å². The molecule has 1 aromatic rings. The van der Waals surface area contributed by atoms with Gasteiger partial charge in [-0.2, -0.15) is 8.42 Å². The highest BCUT2D eigenvalue weighted by Gasteiger charge is 2.07. The Morgan fingerprint density at radius 2 is 2.23 bits per heavy atom. The van der Waals surface area contributed by atoms with Crippen LogP contribution in [-0.4, -0.2) is 20.4 Å². The van der Waals surface area contributed by atoms with E-state index in [1.165, 1.54) is 25.5 Å². The number of nitrogens with one attached hydrogen (secondary N) is 2. The lowest BCUT2D eigenvalue weighted by Gasteiger charge is -2.07. The third kappa shape index (κ3) is 2.56. The molecule has 0 aliphatic rings. The first-order valence-corrected chi connectivity index (χ1v) is 4.94. The van der Waals surface area contributed by atoms with Crippen molar-refractivity contribution in [2.75, 3.05) is 17.5 Å². The van der Waals surface area contributed by atoms with Gasteiger partial charge in [-0.15, -0.1) is 0 Å². The number of nitrogen functional groups attached to an aromatic ring is 1. The summed E-state index contributed by atoms with van der Waals surface area (Å²) < 4.78 is 26.4. The number of nitrogens with zero attached hydrogens (tertiary/aromatic N) is 1. The van der Waals surface area contributed by atoms with E-state index in [4.69, 9.17) is 5.73 Å². The van der Waals surface area contributed by atoms with Gasteiger partial charge in [-0.25, -0.2) is 4.72 Å². The van der Waals surface area contributed by atoms with E-state index in [1.807, 2.05) is 0 Å². The Balaban J connectivity index is 2.93. The van der Waals surface area contributed by atoms with Gasteiger partial charge in [-0.3, -0.25) is 9.71 Å². The third-order valence-electron chi connectivity index (χ3n) is 1.36. The van der Waals surface area contributed by atoms with Crippen LogP contribution < -0.4 is 15.2 Å². The predicted molar refractivity (Wildman–Crippen MR) is 50.3 cm³/mol. The van der Waals surface area contributed by atoms with Crippen molar-refractivity contribution >= 4 is 21.6 Å².